The van der Waals surface area contributed by atoms with Crippen LogP contribution in [-0.2, 0) is 4.79 Å². The number of carboxylic acids is 1. The van der Waals surface area contributed by atoms with Crippen LogP contribution < -0.4 is 0 Å². The molecule has 7 unspecified atom stereocenters. The molecule has 4 rings (SSSR count). The summed E-state index contributed by atoms with van der Waals surface area (Å²) in [6.45, 7) is 7.16. The van der Waals surface area contributed by atoms with Crippen molar-refractivity contribution in [2.24, 2.45) is 46.3 Å². The maximum Gasteiger partial charge on any atom is 0.303 e. The highest BCUT2D eigenvalue weighted by Gasteiger charge is 2.62. The van der Waals surface area contributed by atoms with Gasteiger partial charge in [-0.3, -0.25) is 4.79 Å². The number of hydrogen-bond acceptors (Lipinski definition) is 3. The summed E-state index contributed by atoms with van der Waals surface area (Å²) < 4.78 is 0. The number of rotatable bonds is 4. The Bertz CT molecular complexity index is 605. The zero-order valence-electron chi connectivity index (χ0n) is 17.9. The van der Waals surface area contributed by atoms with Crippen molar-refractivity contribution in [2.45, 2.75) is 97.2 Å². The van der Waals surface area contributed by atoms with Gasteiger partial charge >= 0.3 is 5.97 Å². The van der Waals surface area contributed by atoms with Crippen LogP contribution in [0.4, 0.5) is 0 Å². The van der Waals surface area contributed by atoms with E-state index < -0.39 is 5.97 Å². The average molecular weight is 393 g/mol. The smallest absolute Gasteiger partial charge is 0.303 e. The summed E-state index contributed by atoms with van der Waals surface area (Å²) in [4.78, 5) is 11.1. The zero-order chi connectivity index (χ0) is 20.3. The van der Waals surface area contributed by atoms with E-state index in [0.29, 0.717) is 35.5 Å². The second-order valence-corrected chi connectivity index (χ2v) is 11.4. The minimum Gasteiger partial charge on any atom is -0.481 e. The van der Waals surface area contributed by atoms with E-state index in [1.807, 2.05) is 0 Å². The maximum atomic E-state index is 11.2. The minimum absolute atomic E-state index is 0.179. The van der Waals surface area contributed by atoms with E-state index in [2.05, 4.69) is 20.8 Å². The van der Waals surface area contributed by atoms with Crippen molar-refractivity contribution in [2.75, 3.05) is 0 Å². The molecule has 3 N–H and O–H groups in total. The first kappa shape index (κ1) is 20.7. The van der Waals surface area contributed by atoms with Crippen LogP contribution in [0.25, 0.3) is 0 Å². The van der Waals surface area contributed by atoms with Crippen LogP contribution in [0.1, 0.15) is 85.0 Å². The van der Waals surface area contributed by atoms with Gasteiger partial charge in [-0.2, -0.15) is 0 Å². The first-order valence-corrected chi connectivity index (χ1v) is 11.7. The number of fused-ring (bicyclic) bond motifs is 5. The van der Waals surface area contributed by atoms with Gasteiger partial charge in [-0.25, -0.2) is 0 Å². The summed E-state index contributed by atoms with van der Waals surface area (Å²) in [6.07, 6.45) is 9.19. The number of aliphatic hydroxyl groups is 2. The largest absolute Gasteiger partial charge is 0.481 e. The molecule has 28 heavy (non-hydrogen) atoms. The fourth-order valence-electron chi connectivity index (χ4n) is 8.73. The molecule has 0 radical (unpaired) electrons. The van der Waals surface area contributed by atoms with E-state index in [0.717, 1.165) is 32.1 Å². The first-order valence-electron chi connectivity index (χ1n) is 11.7. The fourth-order valence-corrected chi connectivity index (χ4v) is 8.73. The molecule has 0 aromatic carbocycles. The molecule has 4 saturated carbocycles. The number of hydrogen-bond donors (Lipinski definition) is 3. The van der Waals surface area contributed by atoms with E-state index in [4.69, 9.17) is 5.11 Å². The van der Waals surface area contributed by atoms with Gasteiger partial charge in [0.25, 0.3) is 0 Å². The van der Waals surface area contributed by atoms with Crippen LogP contribution in [0.3, 0.4) is 0 Å². The lowest BCUT2D eigenvalue weighted by molar-refractivity contribution is -0.174. The molecular formula is C24H40O4. The Kier molecular flexibility index (Phi) is 5.36. The summed E-state index contributed by atoms with van der Waals surface area (Å²) in [5, 5.41) is 30.5. The van der Waals surface area contributed by atoms with Crippen LogP contribution >= 0.6 is 0 Å². The Balaban J connectivity index is 1.55. The number of aliphatic carboxylic acids is 1. The van der Waals surface area contributed by atoms with Gasteiger partial charge in [0, 0.05) is 6.42 Å². The molecule has 0 heterocycles. The predicted molar refractivity (Wildman–Crippen MR) is 109 cm³/mol. The summed E-state index contributed by atoms with van der Waals surface area (Å²) >= 11 is 0. The molecule has 10 atom stereocenters. The van der Waals surface area contributed by atoms with Crippen molar-refractivity contribution in [3.63, 3.8) is 0 Å². The second kappa shape index (κ2) is 7.27. The molecule has 4 nitrogen and oxygen atoms in total. The molecule has 0 spiro atoms. The van der Waals surface area contributed by atoms with Crippen LogP contribution in [0, 0.1) is 46.3 Å². The topological polar surface area (TPSA) is 77.8 Å². The highest BCUT2D eigenvalue weighted by molar-refractivity contribution is 5.66. The van der Waals surface area contributed by atoms with Crippen molar-refractivity contribution < 1.29 is 20.1 Å². The van der Waals surface area contributed by atoms with E-state index in [-0.39, 0.29) is 29.5 Å². The first-order chi connectivity index (χ1) is 13.2. The second-order valence-electron chi connectivity index (χ2n) is 11.4. The number of carboxylic acid groups (broad SMARTS) is 1. The molecule has 0 aromatic rings. The van der Waals surface area contributed by atoms with Crippen molar-refractivity contribution in [3.8, 4) is 0 Å². The number of carbonyl (C=O) groups is 1. The molecule has 0 aromatic heterocycles. The highest BCUT2D eigenvalue weighted by Crippen LogP contribution is 2.68. The summed E-state index contributed by atoms with van der Waals surface area (Å²) in [7, 11) is 0. The van der Waals surface area contributed by atoms with Crippen molar-refractivity contribution in [3.05, 3.63) is 0 Å². The molecule has 0 saturated heterocycles. The molecule has 0 bridgehead atoms. The Hall–Kier alpha value is -0.610. The molecular weight excluding hydrogens is 352 g/mol. The zero-order valence-corrected chi connectivity index (χ0v) is 17.9. The molecule has 4 fully saturated rings. The summed E-state index contributed by atoms with van der Waals surface area (Å²) in [5.74, 6) is 2.36. The van der Waals surface area contributed by atoms with Gasteiger partial charge in [0.15, 0.2) is 0 Å². The molecule has 0 aliphatic heterocycles. The average Bonchev–Trinajstić information content (AvgIpc) is 2.98. The van der Waals surface area contributed by atoms with E-state index >= 15 is 0 Å². The summed E-state index contributed by atoms with van der Waals surface area (Å²) in [5.41, 5.74) is 0.523. The number of aliphatic hydroxyl groups excluding tert-OH is 2. The molecule has 4 heteroatoms. The molecule has 4 aliphatic carbocycles. The van der Waals surface area contributed by atoms with Crippen molar-refractivity contribution in [1.29, 1.82) is 0 Å². The third-order valence-electron chi connectivity index (χ3n) is 10.2. The molecule has 4 aliphatic rings. The van der Waals surface area contributed by atoms with Gasteiger partial charge in [0.2, 0.25) is 0 Å². The van der Waals surface area contributed by atoms with Gasteiger partial charge in [0.05, 0.1) is 12.2 Å². The molecule has 0 amide bonds. The third-order valence-corrected chi connectivity index (χ3v) is 10.2. The fraction of sp³-hybridized carbons (Fsp3) is 0.958. The molecule has 160 valence electrons. The van der Waals surface area contributed by atoms with Gasteiger partial charge in [-0.1, -0.05) is 20.8 Å². The van der Waals surface area contributed by atoms with Gasteiger partial charge < -0.3 is 15.3 Å². The normalized spacial score (nSPS) is 51.7. The lowest BCUT2D eigenvalue weighted by Crippen LogP contribution is -2.58. The van der Waals surface area contributed by atoms with Gasteiger partial charge in [-0.05, 0) is 104 Å². The third kappa shape index (κ3) is 3.14. The maximum absolute atomic E-state index is 11.2. The SMILES string of the molecule is CC(CCC(=O)O)[C@H]1CCC2C3C(O)CC4CC(O)CC[C@]4(C)C3CC[C@@]21C. The monoisotopic (exact) mass is 392 g/mol. The van der Waals surface area contributed by atoms with Crippen molar-refractivity contribution in [1.82, 2.24) is 0 Å². The lowest BCUT2D eigenvalue weighted by Gasteiger charge is -2.62. The quantitative estimate of drug-likeness (QED) is 0.659. The van der Waals surface area contributed by atoms with Crippen LogP contribution in [0.5, 0.6) is 0 Å². The van der Waals surface area contributed by atoms with Gasteiger partial charge in [0.1, 0.15) is 0 Å². The van der Waals surface area contributed by atoms with Crippen LogP contribution in [-0.4, -0.2) is 33.5 Å². The van der Waals surface area contributed by atoms with Crippen molar-refractivity contribution >= 4 is 5.97 Å². The van der Waals surface area contributed by atoms with Crippen LogP contribution in [0.15, 0.2) is 0 Å². The lowest BCUT2D eigenvalue weighted by atomic mass is 9.43. The van der Waals surface area contributed by atoms with E-state index in [1.54, 1.807) is 0 Å². The standard InChI is InChI=1S/C24H40O4/c1-14(4-7-21(27)28)17-5-6-18-22-19(9-11-24(17,18)3)23(2)10-8-16(25)12-15(23)13-20(22)26/h14-20,22,25-26H,4-13H2,1-3H3,(H,27,28)/t14?,15?,16?,17-,18?,19?,20?,22?,23+,24-/m1/s1. The highest BCUT2D eigenvalue weighted by atomic mass is 16.4. The predicted octanol–water partition coefficient (Wildman–Crippen LogP) is 4.48. The Morgan fingerprint density at radius 1 is 1.00 bits per heavy atom. The Morgan fingerprint density at radius 2 is 1.68 bits per heavy atom. The Morgan fingerprint density at radius 3 is 2.39 bits per heavy atom. The minimum atomic E-state index is -0.684. The van der Waals surface area contributed by atoms with Crippen LogP contribution in [0.2, 0.25) is 0 Å². The Labute approximate surface area is 170 Å². The van der Waals surface area contributed by atoms with Gasteiger partial charge in [-0.15, -0.1) is 0 Å². The summed E-state index contributed by atoms with van der Waals surface area (Å²) in [6, 6.07) is 0. The van der Waals surface area contributed by atoms with E-state index in [1.165, 1.54) is 25.7 Å². The van der Waals surface area contributed by atoms with E-state index in [9.17, 15) is 15.0 Å².